The highest BCUT2D eigenvalue weighted by atomic mass is 32.2. The summed E-state index contributed by atoms with van der Waals surface area (Å²) in [4.78, 5) is 21.5. The highest BCUT2D eigenvalue weighted by Gasteiger charge is 2.25. The van der Waals surface area contributed by atoms with Gasteiger partial charge in [0, 0.05) is 61.6 Å². The summed E-state index contributed by atoms with van der Waals surface area (Å²) < 4.78 is 5.62. The first-order chi connectivity index (χ1) is 16.7. The fourth-order valence-electron chi connectivity index (χ4n) is 4.75. The molecule has 2 aliphatic rings. The molecule has 0 unspecified atom stereocenters. The van der Waals surface area contributed by atoms with Crippen molar-refractivity contribution in [2.45, 2.75) is 43.4 Å². The van der Waals surface area contributed by atoms with Crippen LogP contribution in [0.5, 0.6) is 0 Å². The molecular weight excluding hydrogens is 448 g/mol. The molecule has 3 aromatic rings. The minimum atomic E-state index is -0.109. The Labute approximate surface area is 204 Å². The van der Waals surface area contributed by atoms with Gasteiger partial charge in [-0.3, -0.25) is 14.7 Å². The Bertz CT molecular complexity index is 1060. The van der Waals surface area contributed by atoms with Gasteiger partial charge in [0.15, 0.2) is 0 Å². The SMILES string of the molecule is O=C(CSc1nnc(-c2ccncc2)o1)Nc1ccc(N2CCN(C3CCCCC3)CC2)cc1. The molecule has 178 valence electrons. The maximum Gasteiger partial charge on any atom is 0.277 e. The maximum absolute atomic E-state index is 12.4. The quantitative estimate of drug-likeness (QED) is 0.503. The summed E-state index contributed by atoms with van der Waals surface area (Å²) in [5, 5.41) is 11.3. The first kappa shape index (κ1) is 22.9. The van der Waals surface area contributed by atoms with Crippen LogP contribution >= 0.6 is 11.8 Å². The average Bonchev–Trinajstić information content (AvgIpc) is 3.38. The van der Waals surface area contributed by atoms with E-state index in [9.17, 15) is 4.79 Å². The van der Waals surface area contributed by atoms with Crippen molar-refractivity contribution in [3.63, 3.8) is 0 Å². The summed E-state index contributed by atoms with van der Waals surface area (Å²) >= 11 is 1.22. The lowest BCUT2D eigenvalue weighted by Gasteiger charge is -2.41. The molecule has 1 aliphatic carbocycles. The van der Waals surface area contributed by atoms with Gasteiger partial charge >= 0.3 is 0 Å². The number of pyridine rings is 1. The van der Waals surface area contributed by atoms with E-state index in [1.165, 1.54) is 49.6 Å². The van der Waals surface area contributed by atoms with E-state index in [-0.39, 0.29) is 11.7 Å². The molecule has 0 radical (unpaired) electrons. The van der Waals surface area contributed by atoms with E-state index in [4.69, 9.17) is 4.42 Å². The van der Waals surface area contributed by atoms with E-state index in [1.807, 2.05) is 12.1 Å². The van der Waals surface area contributed by atoms with E-state index < -0.39 is 0 Å². The summed E-state index contributed by atoms with van der Waals surface area (Å²) in [5.41, 5.74) is 2.80. The number of amides is 1. The Balaban J connectivity index is 1.07. The first-order valence-electron chi connectivity index (χ1n) is 12.0. The number of aromatic nitrogens is 3. The van der Waals surface area contributed by atoms with Crippen LogP contribution < -0.4 is 10.2 Å². The van der Waals surface area contributed by atoms with Gasteiger partial charge < -0.3 is 14.6 Å². The largest absolute Gasteiger partial charge is 0.411 e. The zero-order chi connectivity index (χ0) is 23.2. The van der Waals surface area contributed by atoms with E-state index in [0.717, 1.165) is 43.5 Å². The molecule has 2 aromatic heterocycles. The molecule has 1 saturated heterocycles. The summed E-state index contributed by atoms with van der Waals surface area (Å²) in [7, 11) is 0. The molecule has 0 bridgehead atoms. The van der Waals surface area contributed by atoms with Crippen LogP contribution in [0, 0.1) is 0 Å². The molecule has 34 heavy (non-hydrogen) atoms. The van der Waals surface area contributed by atoms with Crippen molar-refractivity contribution in [2.75, 3.05) is 42.1 Å². The normalized spacial score (nSPS) is 17.6. The van der Waals surface area contributed by atoms with Gasteiger partial charge in [0.2, 0.25) is 11.8 Å². The number of thioether (sulfide) groups is 1. The van der Waals surface area contributed by atoms with Gasteiger partial charge in [0.1, 0.15) is 0 Å². The van der Waals surface area contributed by atoms with E-state index in [1.54, 1.807) is 24.5 Å². The molecule has 2 fully saturated rings. The number of carbonyl (C=O) groups is 1. The molecule has 1 N–H and O–H groups in total. The molecule has 1 amide bonds. The lowest BCUT2D eigenvalue weighted by Crippen LogP contribution is -2.50. The molecule has 3 heterocycles. The molecule has 1 aromatic carbocycles. The molecule has 0 spiro atoms. The number of piperazine rings is 1. The van der Waals surface area contributed by atoms with E-state index in [2.05, 4.69) is 42.4 Å². The number of hydrogen-bond donors (Lipinski definition) is 1. The predicted molar refractivity (Wildman–Crippen MR) is 134 cm³/mol. The van der Waals surface area contributed by atoms with Gasteiger partial charge in [-0.15, -0.1) is 10.2 Å². The number of rotatable bonds is 7. The molecule has 9 heteroatoms. The minimum absolute atomic E-state index is 0.109. The second kappa shape index (κ2) is 11.0. The molecule has 8 nitrogen and oxygen atoms in total. The number of nitrogens with one attached hydrogen (secondary N) is 1. The van der Waals surface area contributed by atoms with Crippen molar-refractivity contribution < 1.29 is 9.21 Å². The van der Waals surface area contributed by atoms with E-state index >= 15 is 0 Å². The smallest absolute Gasteiger partial charge is 0.277 e. The highest BCUT2D eigenvalue weighted by Crippen LogP contribution is 2.26. The third-order valence-corrected chi connectivity index (χ3v) is 7.40. The van der Waals surface area contributed by atoms with Crippen molar-refractivity contribution in [2.24, 2.45) is 0 Å². The third kappa shape index (κ3) is 5.77. The van der Waals surface area contributed by atoms with Gasteiger partial charge in [0.25, 0.3) is 5.22 Å². The number of nitrogens with zero attached hydrogens (tertiary/aromatic N) is 5. The fourth-order valence-corrected chi connectivity index (χ4v) is 5.31. The second-order valence-electron chi connectivity index (χ2n) is 8.81. The third-order valence-electron chi connectivity index (χ3n) is 6.58. The van der Waals surface area contributed by atoms with Crippen LogP contribution in [-0.4, -0.2) is 64.0 Å². The van der Waals surface area contributed by atoms with E-state index in [0.29, 0.717) is 11.1 Å². The van der Waals surface area contributed by atoms with Gasteiger partial charge in [0.05, 0.1) is 5.75 Å². The molecule has 1 aliphatic heterocycles. The summed E-state index contributed by atoms with van der Waals surface area (Å²) in [5.74, 6) is 0.506. The molecule has 5 rings (SSSR count). The van der Waals surface area contributed by atoms with Crippen molar-refractivity contribution in [3.05, 3.63) is 48.8 Å². The Morgan fingerprint density at radius 1 is 0.971 bits per heavy atom. The van der Waals surface area contributed by atoms with Gasteiger partial charge in [-0.2, -0.15) is 0 Å². The van der Waals surface area contributed by atoms with Gasteiger partial charge in [-0.1, -0.05) is 31.0 Å². The van der Waals surface area contributed by atoms with Crippen molar-refractivity contribution >= 4 is 29.0 Å². The summed E-state index contributed by atoms with van der Waals surface area (Å²) in [6, 6.07) is 12.5. The van der Waals surface area contributed by atoms with Crippen LogP contribution in [0.15, 0.2) is 58.4 Å². The maximum atomic E-state index is 12.4. The number of anilines is 2. The monoisotopic (exact) mass is 478 g/mol. The first-order valence-corrected chi connectivity index (χ1v) is 13.0. The van der Waals surface area contributed by atoms with Crippen LogP contribution in [0.1, 0.15) is 32.1 Å². The Morgan fingerprint density at radius 2 is 1.71 bits per heavy atom. The van der Waals surface area contributed by atoms with Crippen LogP contribution in [0.3, 0.4) is 0 Å². The summed E-state index contributed by atoms with van der Waals surface area (Å²) in [6.07, 6.45) is 10.2. The van der Waals surface area contributed by atoms with Crippen LogP contribution in [0.4, 0.5) is 11.4 Å². The topological polar surface area (TPSA) is 87.4 Å². The fraction of sp³-hybridized carbons (Fsp3) is 0.440. The lowest BCUT2D eigenvalue weighted by molar-refractivity contribution is -0.113. The molecule has 1 saturated carbocycles. The predicted octanol–water partition coefficient (Wildman–Crippen LogP) is 4.32. The van der Waals surface area contributed by atoms with Crippen LogP contribution in [0.2, 0.25) is 0 Å². The number of benzene rings is 1. The Kier molecular flexibility index (Phi) is 7.40. The van der Waals surface area contributed by atoms with Crippen molar-refractivity contribution in [1.82, 2.24) is 20.1 Å². The van der Waals surface area contributed by atoms with Gasteiger partial charge in [-0.05, 0) is 49.2 Å². The highest BCUT2D eigenvalue weighted by molar-refractivity contribution is 7.99. The summed E-state index contributed by atoms with van der Waals surface area (Å²) in [6.45, 7) is 4.40. The average molecular weight is 479 g/mol. The Morgan fingerprint density at radius 3 is 2.44 bits per heavy atom. The molecular formula is C25H30N6O2S. The van der Waals surface area contributed by atoms with Crippen molar-refractivity contribution in [1.29, 1.82) is 0 Å². The van der Waals surface area contributed by atoms with Crippen LogP contribution in [0.25, 0.3) is 11.5 Å². The number of hydrogen-bond acceptors (Lipinski definition) is 8. The molecule has 0 atom stereocenters. The zero-order valence-electron chi connectivity index (χ0n) is 19.2. The van der Waals surface area contributed by atoms with Crippen molar-refractivity contribution in [3.8, 4) is 11.5 Å². The minimum Gasteiger partial charge on any atom is -0.411 e. The van der Waals surface area contributed by atoms with Crippen LogP contribution in [-0.2, 0) is 4.79 Å². The second-order valence-corrected chi connectivity index (χ2v) is 9.73. The standard InChI is InChI=1S/C25H30N6O2S/c32-23(18-34-25-29-28-24(33-25)19-10-12-26-13-11-19)27-20-6-8-22(9-7-20)31-16-14-30(15-17-31)21-4-2-1-3-5-21/h6-13,21H,1-5,14-18H2,(H,27,32). The Hall–Kier alpha value is -2.91. The number of carbonyl (C=O) groups excluding carboxylic acids is 1. The lowest BCUT2D eigenvalue weighted by atomic mass is 9.94. The zero-order valence-corrected chi connectivity index (χ0v) is 20.0. The van der Waals surface area contributed by atoms with Gasteiger partial charge in [-0.25, -0.2) is 0 Å².